The van der Waals surface area contributed by atoms with E-state index in [0.29, 0.717) is 24.5 Å². The first kappa shape index (κ1) is 21.1. The number of anilines is 1. The highest BCUT2D eigenvalue weighted by Gasteiger charge is 2.24. The third-order valence-corrected chi connectivity index (χ3v) is 5.31. The molecule has 1 heterocycles. The van der Waals surface area contributed by atoms with E-state index in [1.807, 2.05) is 54.6 Å². The maximum Gasteiger partial charge on any atom is 0.193 e. The van der Waals surface area contributed by atoms with Crippen LogP contribution in [-0.4, -0.2) is 61.6 Å². The van der Waals surface area contributed by atoms with Gasteiger partial charge in [-0.25, -0.2) is 0 Å². The first-order chi connectivity index (χ1) is 14.0. The number of nitrogens with zero attached hydrogens (tertiary/aromatic N) is 3. The number of rotatable bonds is 7. The molecule has 0 aliphatic carbocycles. The molecular weight excluding hydrogens is 362 g/mol. The second kappa shape index (κ2) is 10.3. The van der Waals surface area contributed by atoms with Crippen LogP contribution in [-0.2, 0) is 0 Å². The van der Waals surface area contributed by atoms with Gasteiger partial charge in [-0.05, 0) is 37.2 Å². The van der Waals surface area contributed by atoms with Gasteiger partial charge in [-0.15, -0.1) is 0 Å². The number of nitrogens with two attached hydrogens (primary N) is 1. The Morgan fingerprint density at radius 3 is 2.41 bits per heavy atom. The lowest BCUT2D eigenvalue weighted by Crippen LogP contribution is -2.51. The molecule has 0 bridgehead atoms. The number of aliphatic imine (C=N–C) groups is 1. The molecule has 1 saturated heterocycles. The van der Waals surface area contributed by atoms with Crippen molar-refractivity contribution in [2.24, 2.45) is 16.6 Å². The summed E-state index contributed by atoms with van der Waals surface area (Å²) in [6, 6.07) is 17.9. The van der Waals surface area contributed by atoms with Crippen molar-refractivity contribution in [3.8, 4) is 11.5 Å². The third kappa shape index (κ3) is 6.48. The van der Waals surface area contributed by atoms with Crippen molar-refractivity contribution in [3.05, 3.63) is 54.6 Å². The van der Waals surface area contributed by atoms with E-state index < -0.39 is 0 Å². The van der Waals surface area contributed by atoms with Gasteiger partial charge < -0.3 is 20.7 Å². The van der Waals surface area contributed by atoms with Crippen LogP contribution < -0.4 is 15.8 Å². The minimum atomic E-state index is 0.400. The summed E-state index contributed by atoms with van der Waals surface area (Å²) in [6.45, 7) is 9.59. The van der Waals surface area contributed by atoms with E-state index in [9.17, 15) is 0 Å². The van der Waals surface area contributed by atoms with Crippen LogP contribution in [0.1, 0.15) is 13.8 Å². The molecule has 0 spiro atoms. The summed E-state index contributed by atoms with van der Waals surface area (Å²) in [6.07, 6.45) is 0. The number of piperazine rings is 1. The highest BCUT2D eigenvalue weighted by molar-refractivity contribution is 5.92. The van der Waals surface area contributed by atoms with Crippen LogP contribution in [0.15, 0.2) is 59.6 Å². The minimum absolute atomic E-state index is 0.400. The highest BCUT2D eigenvalue weighted by Crippen LogP contribution is 2.23. The fraction of sp³-hybridized carbons (Fsp3) is 0.435. The first-order valence-corrected chi connectivity index (χ1v) is 10.3. The summed E-state index contributed by atoms with van der Waals surface area (Å²) in [7, 11) is 2.18. The number of nitrogens with one attached hydrogen (secondary N) is 1. The molecular formula is C23H33N5O. The summed E-state index contributed by atoms with van der Waals surface area (Å²) in [5.74, 6) is 2.52. The van der Waals surface area contributed by atoms with Crippen LogP contribution in [0.5, 0.6) is 11.5 Å². The predicted molar refractivity (Wildman–Crippen MR) is 121 cm³/mol. The molecule has 3 rings (SSSR count). The van der Waals surface area contributed by atoms with Crippen LogP contribution in [0.3, 0.4) is 0 Å². The zero-order valence-corrected chi connectivity index (χ0v) is 17.7. The molecule has 1 aliphatic heterocycles. The quantitative estimate of drug-likeness (QED) is 0.555. The number of hydrogen-bond donors (Lipinski definition) is 2. The normalized spacial score (nSPS) is 17.3. The monoisotopic (exact) mass is 395 g/mol. The van der Waals surface area contributed by atoms with Crippen LogP contribution in [0.4, 0.5) is 5.69 Å². The molecule has 156 valence electrons. The summed E-state index contributed by atoms with van der Waals surface area (Å²) >= 11 is 0. The molecule has 0 radical (unpaired) electrons. The van der Waals surface area contributed by atoms with Crippen molar-refractivity contribution in [2.75, 3.05) is 45.1 Å². The highest BCUT2D eigenvalue weighted by atomic mass is 16.5. The fourth-order valence-electron chi connectivity index (χ4n) is 3.54. The molecule has 2 aromatic carbocycles. The fourth-order valence-corrected chi connectivity index (χ4v) is 3.54. The number of hydrogen-bond acceptors (Lipinski definition) is 4. The molecule has 0 saturated carbocycles. The van der Waals surface area contributed by atoms with Gasteiger partial charge in [-0.3, -0.25) is 9.89 Å². The van der Waals surface area contributed by atoms with Crippen LogP contribution in [0.25, 0.3) is 0 Å². The Hall–Kier alpha value is -2.57. The summed E-state index contributed by atoms with van der Waals surface area (Å²) in [5, 5.41) is 3.19. The van der Waals surface area contributed by atoms with Crippen LogP contribution in [0, 0.1) is 5.92 Å². The first-order valence-electron chi connectivity index (χ1n) is 10.3. The molecule has 6 heteroatoms. The summed E-state index contributed by atoms with van der Waals surface area (Å²) < 4.78 is 5.89. The van der Waals surface area contributed by atoms with E-state index in [0.717, 1.165) is 43.4 Å². The Balaban J connectivity index is 1.59. The van der Waals surface area contributed by atoms with Crippen molar-refractivity contribution >= 4 is 11.6 Å². The van der Waals surface area contributed by atoms with E-state index >= 15 is 0 Å². The minimum Gasteiger partial charge on any atom is -0.457 e. The number of benzene rings is 2. The Morgan fingerprint density at radius 1 is 1.03 bits per heavy atom. The van der Waals surface area contributed by atoms with Crippen molar-refractivity contribution in [3.63, 3.8) is 0 Å². The lowest BCUT2D eigenvalue weighted by Gasteiger charge is -2.39. The Morgan fingerprint density at radius 2 is 1.72 bits per heavy atom. The number of likely N-dealkylation sites (N-methyl/N-ethyl adjacent to an activating group) is 1. The van der Waals surface area contributed by atoms with Crippen LogP contribution in [0.2, 0.25) is 0 Å². The zero-order chi connectivity index (χ0) is 20.6. The number of para-hydroxylation sites is 1. The van der Waals surface area contributed by atoms with Crippen molar-refractivity contribution in [1.29, 1.82) is 0 Å². The van der Waals surface area contributed by atoms with Gasteiger partial charge in [0.1, 0.15) is 11.5 Å². The van der Waals surface area contributed by atoms with E-state index in [1.165, 1.54) is 0 Å². The number of guanidine groups is 1. The van der Waals surface area contributed by atoms with Crippen LogP contribution >= 0.6 is 0 Å². The van der Waals surface area contributed by atoms with E-state index in [4.69, 9.17) is 10.5 Å². The molecule has 29 heavy (non-hydrogen) atoms. The second-order valence-corrected chi connectivity index (χ2v) is 7.94. The molecule has 1 aliphatic rings. The average Bonchev–Trinajstić information content (AvgIpc) is 2.70. The Bertz CT molecular complexity index is 785. The van der Waals surface area contributed by atoms with Gasteiger partial charge in [0.05, 0.1) is 6.54 Å². The predicted octanol–water partition coefficient (Wildman–Crippen LogP) is 3.48. The molecule has 2 aromatic rings. The smallest absolute Gasteiger partial charge is 0.193 e. The standard InChI is InChI=1S/C23H33N5O/c1-18(2)22(28-14-12-27(3)13-15-28)17-25-23(24)26-19-8-7-11-21(16-19)29-20-9-5-4-6-10-20/h4-11,16,18,22H,12-15,17H2,1-3H3,(H3,24,25,26). The molecule has 1 unspecified atom stereocenters. The van der Waals surface area contributed by atoms with Gasteiger partial charge in [0.2, 0.25) is 0 Å². The molecule has 6 nitrogen and oxygen atoms in total. The van der Waals surface area contributed by atoms with Crippen molar-refractivity contribution in [2.45, 2.75) is 19.9 Å². The number of ether oxygens (including phenoxy) is 1. The maximum absolute atomic E-state index is 6.18. The van der Waals surface area contributed by atoms with Crippen molar-refractivity contribution in [1.82, 2.24) is 9.80 Å². The summed E-state index contributed by atoms with van der Waals surface area (Å²) in [4.78, 5) is 9.55. The maximum atomic E-state index is 6.18. The zero-order valence-electron chi connectivity index (χ0n) is 17.7. The summed E-state index contributed by atoms with van der Waals surface area (Å²) in [5.41, 5.74) is 7.04. The van der Waals surface area contributed by atoms with E-state index in [-0.39, 0.29) is 0 Å². The third-order valence-electron chi connectivity index (χ3n) is 5.31. The molecule has 3 N–H and O–H groups in total. The lowest BCUT2D eigenvalue weighted by atomic mass is 10.0. The molecule has 1 fully saturated rings. The SMILES string of the molecule is CC(C)C(CN=C(N)Nc1cccc(Oc2ccccc2)c1)N1CCN(C)CC1. The molecule has 0 amide bonds. The molecule has 0 aromatic heterocycles. The van der Waals surface area contributed by atoms with Gasteiger partial charge in [0.15, 0.2) is 5.96 Å². The Kier molecular flexibility index (Phi) is 7.49. The topological polar surface area (TPSA) is 66.1 Å². The van der Waals surface area contributed by atoms with E-state index in [1.54, 1.807) is 0 Å². The van der Waals surface area contributed by atoms with Crippen molar-refractivity contribution < 1.29 is 4.74 Å². The Labute approximate surface area is 174 Å². The lowest BCUT2D eigenvalue weighted by molar-refractivity contribution is 0.0926. The molecule has 1 atom stereocenters. The second-order valence-electron chi connectivity index (χ2n) is 7.94. The van der Waals surface area contributed by atoms with Gasteiger partial charge in [-0.2, -0.15) is 0 Å². The van der Waals surface area contributed by atoms with Gasteiger partial charge >= 0.3 is 0 Å². The van der Waals surface area contributed by atoms with E-state index in [2.05, 4.69) is 41.0 Å². The average molecular weight is 396 g/mol. The van der Waals surface area contributed by atoms with Gasteiger partial charge in [-0.1, -0.05) is 38.1 Å². The van der Waals surface area contributed by atoms with Gasteiger partial charge in [0, 0.05) is 44.0 Å². The largest absolute Gasteiger partial charge is 0.457 e. The van der Waals surface area contributed by atoms with Gasteiger partial charge in [0.25, 0.3) is 0 Å².